The normalized spacial score (nSPS) is 26.9. The Morgan fingerprint density at radius 1 is 1.00 bits per heavy atom. The molecule has 2 saturated carbocycles. The molecule has 0 spiro atoms. The van der Waals surface area contributed by atoms with Crippen molar-refractivity contribution in [1.82, 2.24) is 4.90 Å². The van der Waals surface area contributed by atoms with Crippen LogP contribution in [-0.4, -0.2) is 49.8 Å². The lowest BCUT2D eigenvalue weighted by Crippen LogP contribution is -2.51. The van der Waals surface area contributed by atoms with Crippen LogP contribution in [0.2, 0.25) is 0 Å². The van der Waals surface area contributed by atoms with Gasteiger partial charge in [0.15, 0.2) is 0 Å². The second-order valence-electron chi connectivity index (χ2n) is 10.5. The van der Waals surface area contributed by atoms with Crippen LogP contribution in [0.15, 0.2) is 24.3 Å². The molecule has 34 heavy (non-hydrogen) atoms. The molecule has 0 amide bonds. The molecule has 1 aromatic carbocycles. The zero-order valence-corrected chi connectivity index (χ0v) is 20.2. The lowest BCUT2D eigenvalue weighted by atomic mass is 9.82. The first-order chi connectivity index (χ1) is 16.3. The molecular weight excluding hydrogens is 443 g/mol. The number of rotatable bonds is 8. The van der Waals surface area contributed by atoms with Gasteiger partial charge >= 0.3 is 12.1 Å². The van der Waals surface area contributed by atoms with Gasteiger partial charge in [-0.2, -0.15) is 13.2 Å². The van der Waals surface area contributed by atoms with Gasteiger partial charge in [-0.05, 0) is 61.6 Å². The second kappa shape index (κ2) is 11.4. The minimum Gasteiger partial charge on any atom is -0.469 e. The minimum atomic E-state index is -4.35. The number of esters is 1. The van der Waals surface area contributed by atoms with Gasteiger partial charge in [-0.1, -0.05) is 37.8 Å². The predicted octanol–water partition coefficient (Wildman–Crippen LogP) is 6.19. The van der Waals surface area contributed by atoms with Crippen molar-refractivity contribution < 1.29 is 27.4 Å². The highest BCUT2D eigenvalue weighted by molar-refractivity contribution is 5.69. The van der Waals surface area contributed by atoms with Crippen LogP contribution in [0.1, 0.15) is 81.3 Å². The molecular formula is C27H38F3NO3. The van der Waals surface area contributed by atoms with Crippen LogP contribution < -0.4 is 0 Å². The Morgan fingerprint density at radius 3 is 2.06 bits per heavy atom. The fourth-order valence-electron chi connectivity index (χ4n) is 6.30. The smallest absolute Gasteiger partial charge is 0.416 e. The number of carbonyl (C=O) groups is 1. The van der Waals surface area contributed by atoms with Gasteiger partial charge < -0.3 is 9.47 Å². The first-order valence-corrected chi connectivity index (χ1v) is 12.9. The van der Waals surface area contributed by atoms with Crippen LogP contribution >= 0.6 is 0 Å². The molecule has 3 atom stereocenters. The van der Waals surface area contributed by atoms with Gasteiger partial charge in [-0.25, -0.2) is 0 Å². The Bertz CT molecular complexity index is 767. The topological polar surface area (TPSA) is 38.8 Å². The van der Waals surface area contributed by atoms with Gasteiger partial charge in [0, 0.05) is 25.0 Å². The monoisotopic (exact) mass is 481 g/mol. The third kappa shape index (κ3) is 6.54. The molecule has 4 nitrogen and oxygen atoms in total. The Hall–Kier alpha value is -1.60. The van der Waals surface area contributed by atoms with Crippen molar-refractivity contribution in [3.8, 4) is 0 Å². The quantitative estimate of drug-likeness (QED) is 0.415. The number of ether oxygens (including phenoxy) is 2. The fraction of sp³-hybridized carbons (Fsp3) is 0.741. The molecule has 7 heteroatoms. The van der Waals surface area contributed by atoms with Crippen molar-refractivity contribution in [3.05, 3.63) is 35.4 Å². The van der Waals surface area contributed by atoms with Gasteiger partial charge in [0.2, 0.25) is 0 Å². The molecule has 1 aromatic rings. The summed E-state index contributed by atoms with van der Waals surface area (Å²) in [6.45, 7) is 2.56. The van der Waals surface area contributed by atoms with Crippen LogP contribution in [0, 0.1) is 11.8 Å². The minimum absolute atomic E-state index is 0.0218. The maximum absolute atomic E-state index is 13.2. The number of hydrogen-bond acceptors (Lipinski definition) is 4. The van der Waals surface area contributed by atoms with Gasteiger partial charge in [-0.3, -0.25) is 9.69 Å². The number of benzene rings is 1. The summed E-state index contributed by atoms with van der Waals surface area (Å²) in [5.41, 5.74) is 0.277. The molecule has 0 radical (unpaired) electrons. The van der Waals surface area contributed by atoms with Crippen molar-refractivity contribution in [2.45, 2.75) is 88.4 Å². The zero-order chi connectivity index (χ0) is 24.1. The number of hydrogen-bond donors (Lipinski definition) is 0. The number of carbonyl (C=O) groups excluding carboxylic acids is 1. The summed E-state index contributed by atoms with van der Waals surface area (Å²) in [4.78, 5) is 14.5. The van der Waals surface area contributed by atoms with Crippen molar-refractivity contribution >= 4 is 5.97 Å². The maximum Gasteiger partial charge on any atom is 0.416 e. The Labute approximate surface area is 201 Å². The van der Waals surface area contributed by atoms with Crippen molar-refractivity contribution in [2.24, 2.45) is 11.8 Å². The zero-order valence-electron chi connectivity index (χ0n) is 20.2. The molecule has 0 unspecified atom stereocenters. The van der Waals surface area contributed by atoms with E-state index in [1.165, 1.54) is 70.6 Å². The molecule has 0 aromatic heterocycles. The summed E-state index contributed by atoms with van der Waals surface area (Å²) in [7, 11) is 1.37. The van der Waals surface area contributed by atoms with Crippen LogP contribution in [0.25, 0.3) is 0 Å². The third-order valence-electron chi connectivity index (χ3n) is 8.18. The lowest BCUT2D eigenvalue weighted by molar-refractivity contribution is -0.146. The summed E-state index contributed by atoms with van der Waals surface area (Å²) in [6.07, 6.45) is 6.31. The van der Waals surface area contributed by atoms with E-state index in [2.05, 4.69) is 4.90 Å². The Kier molecular flexibility index (Phi) is 8.57. The highest BCUT2D eigenvalue weighted by Crippen LogP contribution is 2.39. The first kappa shape index (κ1) is 25.5. The Balaban J connectivity index is 1.58. The summed E-state index contributed by atoms with van der Waals surface area (Å²) in [6, 6.07) is 5.74. The first-order valence-electron chi connectivity index (χ1n) is 12.9. The van der Waals surface area contributed by atoms with Crippen molar-refractivity contribution in [1.29, 1.82) is 0 Å². The van der Waals surface area contributed by atoms with E-state index in [1.54, 1.807) is 12.1 Å². The van der Waals surface area contributed by atoms with E-state index in [0.717, 1.165) is 18.7 Å². The van der Waals surface area contributed by atoms with Crippen LogP contribution in [-0.2, 0) is 20.4 Å². The second-order valence-corrected chi connectivity index (χ2v) is 10.5. The highest BCUT2D eigenvalue weighted by atomic mass is 19.4. The number of alkyl halides is 3. The van der Waals surface area contributed by atoms with Gasteiger partial charge in [-0.15, -0.1) is 0 Å². The highest BCUT2D eigenvalue weighted by Gasteiger charge is 2.39. The number of nitrogens with zero attached hydrogens (tertiary/aromatic N) is 1. The largest absolute Gasteiger partial charge is 0.469 e. The van der Waals surface area contributed by atoms with Gasteiger partial charge in [0.25, 0.3) is 0 Å². The standard InChI is InChI=1S/C27H38F3NO3/c1-33-26(32)15-23-14-24(21-10-12-22(13-11-21)27(28,29)30)25(18-34-23)31(16-19-6-2-3-7-19)17-20-8-4-5-9-20/h10-13,19-20,23-25H,2-9,14-18H2,1H3/t23-,24+,25-/m1/s1. The van der Waals surface area contributed by atoms with E-state index in [-0.39, 0.29) is 30.5 Å². The molecule has 1 heterocycles. The molecule has 1 aliphatic heterocycles. The summed E-state index contributed by atoms with van der Waals surface area (Å²) in [5, 5.41) is 0. The molecule has 190 valence electrons. The summed E-state index contributed by atoms with van der Waals surface area (Å²) in [5.74, 6) is 1.07. The summed E-state index contributed by atoms with van der Waals surface area (Å²) >= 11 is 0. The average Bonchev–Trinajstić information content (AvgIpc) is 3.52. The Morgan fingerprint density at radius 2 is 1.56 bits per heavy atom. The van der Waals surface area contributed by atoms with E-state index < -0.39 is 11.7 Å². The van der Waals surface area contributed by atoms with Gasteiger partial charge in [0.05, 0.1) is 31.8 Å². The van der Waals surface area contributed by atoms with E-state index in [4.69, 9.17) is 9.47 Å². The van der Waals surface area contributed by atoms with Crippen LogP contribution in [0.3, 0.4) is 0 Å². The average molecular weight is 482 g/mol. The van der Waals surface area contributed by atoms with Crippen LogP contribution in [0.4, 0.5) is 13.2 Å². The molecule has 3 aliphatic rings. The molecule has 0 N–H and O–H groups in total. The molecule has 2 aliphatic carbocycles. The van der Waals surface area contributed by atoms with E-state index in [1.807, 2.05) is 0 Å². The number of methoxy groups -OCH3 is 1. The molecule has 4 rings (SSSR count). The van der Waals surface area contributed by atoms with Crippen LogP contribution in [0.5, 0.6) is 0 Å². The fourth-order valence-corrected chi connectivity index (χ4v) is 6.30. The van der Waals surface area contributed by atoms with Crippen molar-refractivity contribution in [3.63, 3.8) is 0 Å². The molecule has 3 fully saturated rings. The van der Waals surface area contributed by atoms with E-state index >= 15 is 0 Å². The number of halogens is 3. The SMILES string of the molecule is COC(=O)C[C@H]1C[C@@H](c2ccc(C(F)(F)F)cc2)[C@H](N(CC2CCCC2)CC2CCCC2)CO1. The molecule has 0 bridgehead atoms. The molecule has 1 saturated heterocycles. The van der Waals surface area contributed by atoms with Crippen molar-refractivity contribution in [2.75, 3.05) is 26.8 Å². The van der Waals surface area contributed by atoms with E-state index in [0.29, 0.717) is 24.9 Å². The predicted molar refractivity (Wildman–Crippen MR) is 124 cm³/mol. The van der Waals surface area contributed by atoms with E-state index in [9.17, 15) is 18.0 Å². The lowest BCUT2D eigenvalue weighted by Gasteiger charge is -2.44. The van der Waals surface area contributed by atoms with Gasteiger partial charge in [0.1, 0.15) is 0 Å². The third-order valence-corrected chi connectivity index (χ3v) is 8.18. The maximum atomic E-state index is 13.2. The summed E-state index contributed by atoms with van der Waals surface area (Å²) < 4.78 is 50.6.